The minimum absolute atomic E-state index is 0.0210. The van der Waals surface area contributed by atoms with Crippen molar-refractivity contribution in [1.82, 2.24) is 0 Å². The molecule has 1 aliphatic rings. The van der Waals surface area contributed by atoms with Crippen LogP contribution in [0.1, 0.15) is 0 Å². The highest BCUT2D eigenvalue weighted by Crippen LogP contribution is 2.38. The van der Waals surface area contributed by atoms with Crippen molar-refractivity contribution in [3.63, 3.8) is 0 Å². The number of ether oxygens (including phenoxy) is 4. The van der Waals surface area contributed by atoms with Gasteiger partial charge >= 0.3 is 0 Å². The highest BCUT2D eigenvalue weighted by molar-refractivity contribution is 7.24. The van der Waals surface area contributed by atoms with Crippen LogP contribution in [-0.4, -0.2) is 21.0 Å². The number of benzene rings is 3. The van der Waals surface area contributed by atoms with Crippen LogP contribution in [0.25, 0.3) is 31.3 Å². The van der Waals surface area contributed by atoms with Crippen molar-refractivity contribution in [2.75, 3.05) is 21.0 Å². The standard InChI is InChI=1S/C22H16O5S/c1-24-17-9-15-21(10-18(17)25-2)28-20-6-4-12(7-14(20)22(15)23)13-3-5-16-19(8-13)27-11-26-16/h3-10H,11H2,1-2H3. The highest BCUT2D eigenvalue weighted by Gasteiger charge is 2.15. The number of hydrogen-bond acceptors (Lipinski definition) is 6. The molecule has 1 aliphatic heterocycles. The Morgan fingerprint density at radius 3 is 2.29 bits per heavy atom. The maximum absolute atomic E-state index is 13.2. The molecule has 140 valence electrons. The maximum Gasteiger partial charge on any atom is 0.231 e. The summed E-state index contributed by atoms with van der Waals surface area (Å²) in [4.78, 5) is 13.2. The van der Waals surface area contributed by atoms with Crippen molar-refractivity contribution < 1.29 is 18.9 Å². The van der Waals surface area contributed by atoms with E-state index in [9.17, 15) is 4.79 Å². The van der Waals surface area contributed by atoms with Gasteiger partial charge in [-0.15, -0.1) is 11.3 Å². The van der Waals surface area contributed by atoms with Crippen LogP contribution >= 0.6 is 11.3 Å². The molecule has 1 aromatic heterocycles. The van der Waals surface area contributed by atoms with E-state index in [2.05, 4.69) is 0 Å². The van der Waals surface area contributed by atoms with Crippen LogP contribution in [0.5, 0.6) is 23.0 Å². The summed E-state index contributed by atoms with van der Waals surface area (Å²) >= 11 is 1.56. The summed E-state index contributed by atoms with van der Waals surface area (Å²) in [6.07, 6.45) is 0. The fourth-order valence-corrected chi connectivity index (χ4v) is 4.50. The van der Waals surface area contributed by atoms with Gasteiger partial charge in [-0.05, 0) is 41.5 Å². The summed E-state index contributed by atoms with van der Waals surface area (Å²) in [5.41, 5.74) is 1.91. The van der Waals surface area contributed by atoms with Crippen molar-refractivity contribution in [1.29, 1.82) is 0 Å². The van der Waals surface area contributed by atoms with Gasteiger partial charge in [0.1, 0.15) is 0 Å². The number of rotatable bonds is 3. The van der Waals surface area contributed by atoms with Crippen LogP contribution in [0.4, 0.5) is 0 Å². The van der Waals surface area contributed by atoms with Gasteiger partial charge in [0, 0.05) is 26.2 Å². The fourth-order valence-electron chi connectivity index (χ4n) is 3.44. The Morgan fingerprint density at radius 2 is 1.46 bits per heavy atom. The van der Waals surface area contributed by atoms with E-state index in [1.165, 1.54) is 0 Å². The summed E-state index contributed by atoms with van der Waals surface area (Å²) in [5.74, 6) is 2.62. The molecule has 28 heavy (non-hydrogen) atoms. The second-order valence-electron chi connectivity index (χ2n) is 6.41. The molecule has 0 N–H and O–H groups in total. The van der Waals surface area contributed by atoms with E-state index in [1.54, 1.807) is 31.6 Å². The third-order valence-corrected chi connectivity index (χ3v) is 6.01. The highest BCUT2D eigenvalue weighted by atomic mass is 32.1. The van der Waals surface area contributed by atoms with E-state index >= 15 is 0 Å². The van der Waals surface area contributed by atoms with Gasteiger partial charge in [0.2, 0.25) is 6.79 Å². The van der Waals surface area contributed by atoms with Gasteiger partial charge < -0.3 is 18.9 Å². The molecule has 0 saturated carbocycles. The minimum Gasteiger partial charge on any atom is -0.493 e. The van der Waals surface area contributed by atoms with E-state index < -0.39 is 0 Å². The summed E-state index contributed by atoms with van der Waals surface area (Å²) in [7, 11) is 3.15. The molecule has 0 spiro atoms. The third-order valence-electron chi connectivity index (χ3n) is 4.88. The Hall–Kier alpha value is -3.25. The topological polar surface area (TPSA) is 54.0 Å². The zero-order chi connectivity index (χ0) is 19.3. The lowest BCUT2D eigenvalue weighted by Gasteiger charge is -2.10. The lowest BCUT2D eigenvalue weighted by molar-refractivity contribution is 0.174. The van der Waals surface area contributed by atoms with Gasteiger partial charge in [0.15, 0.2) is 28.4 Å². The monoisotopic (exact) mass is 392 g/mol. The summed E-state index contributed by atoms with van der Waals surface area (Å²) in [6, 6.07) is 15.3. The average Bonchev–Trinajstić information content (AvgIpc) is 3.20. The lowest BCUT2D eigenvalue weighted by atomic mass is 10.0. The number of hydrogen-bond donors (Lipinski definition) is 0. The molecule has 5 rings (SSSR count). The third kappa shape index (κ3) is 2.57. The fraction of sp³-hybridized carbons (Fsp3) is 0.136. The Morgan fingerprint density at radius 1 is 0.786 bits per heavy atom. The first-order valence-corrected chi connectivity index (χ1v) is 9.52. The molecule has 0 bridgehead atoms. The Balaban J connectivity index is 1.72. The molecular weight excluding hydrogens is 376 g/mol. The predicted molar refractivity (Wildman–Crippen MR) is 110 cm³/mol. The number of methoxy groups -OCH3 is 2. The van der Waals surface area contributed by atoms with Gasteiger partial charge in [-0.1, -0.05) is 12.1 Å². The van der Waals surface area contributed by atoms with Crippen molar-refractivity contribution in [2.24, 2.45) is 0 Å². The van der Waals surface area contributed by atoms with E-state index in [1.807, 2.05) is 42.5 Å². The van der Waals surface area contributed by atoms with E-state index in [-0.39, 0.29) is 12.2 Å². The van der Waals surface area contributed by atoms with Crippen molar-refractivity contribution in [2.45, 2.75) is 0 Å². The second kappa shape index (κ2) is 6.42. The van der Waals surface area contributed by atoms with E-state index in [0.29, 0.717) is 22.3 Å². The first-order valence-electron chi connectivity index (χ1n) is 8.70. The minimum atomic E-state index is -0.0210. The summed E-state index contributed by atoms with van der Waals surface area (Å²) in [6.45, 7) is 0.236. The molecule has 0 amide bonds. The quantitative estimate of drug-likeness (QED) is 0.468. The summed E-state index contributed by atoms with van der Waals surface area (Å²) < 4.78 is 23.4. The molecule has 4 aromatic rings. The zero-order valence-corrected chi connectivity index (χ0v) is 16.1. The predicted octanol–water partition coefficient (Wildman–Crippen LogP) is 4.83. The molecule has 0 atom stereocenters. The SMILES string of the molecule is COc1cc2sc3ccc(-c4ccc5c(c4)OCO5)cc3c(=O)c2cc1OC. The van der Waals surface area contributed by atoms with Crippen molar-refractivity contribution in [3.05, 3.63) is 58.8 Å². The maximum atomic E-state index is 13.2. The van der Waals surface area contributed by atoms with Crippen LogP contribution in [-0.2, 0) is 0 Å². The second-order valence-corrected chi connectivity index (χ2v) is 7.50. The van der Waals surface area contributed by atoms with Gasteiger partial charge in [0.05, 0.1) is 14.2 Å². The normalized spacial score (nSPS) is 12.5. The molecule has 0 aliphatic carbocycles. The average molecular weight is 392 g/mol. The van der Waals surface area contributed by atoms with E-state index in [0.717, 1.165) is 32.0 Å². The van der Waals surface area contributed by atoms with Crippen LogP contribution in [0, 0.1) is 0 Å². The molecule has 0 fully saturated rings. The molecular formula is C22H16O5S. The lowest BCUT2D eigenvalue weighted by Crippen LogP contribution is -2.02. The Bertz CT molecular complexity index is 1290. The van der Waals surface area contributed by atoms with Gasteiger partial charge in [-0.2, -0.15) is 0 Å². The van der Waals surface area contributed by atoms with Crippen LogP contribution < -0.4 is 24.4 Å². The van der Waals surface area contributed by atoms with E-state index in [4.69, 9.17) is 18.9 Å². The van der Waals surface area contributed by atoms with Gasteiger partial charge in [-0.3, -0.25) is 4.79 Å². The molecule has 6 heteroatoms. The van der Waals surface area contributed by atoms with Crippen LogP contribution in [0.2, 0.25) is 0 Å². The molecule has 5 nitrogen and oxygen atoms in total. The van der Waals surface area contributed by atoms with Gasteiger partial charge in [-0.25, -0.2) is 0 Å². The van der Waals surface area contributed by atoms with Crippen LogP contribution in [0.3, 0.4) is 0 Å². The molecule has 3 aromatic carbocycles. The smallest absolute Gasteiger partial charge is 0.231 e. The van der Waals surface area contributed by atoms with Crippen molar-refractivity contribution in [3.8, 4) is 34.1 Å². The first-order chi connectivity index (χ1) is 13.7. The Labute approximate surface area is 164 Å². The molecule has 0 saturated heterocycles. The number of fused-ring (bicyclic) bond motifs is 3. The molecule has 2 heterocycles. The summed E-state index contributed by atoms with van der Waals surface area (Å²) in [5, 5.41) is 1.30. The first kappa shape index (κ1) is 16.9. The Kier molecular flexibility index (Phi) is 3.87. The van der Waals surface area contributed by atoms with Gasteiger partial charge in [0.25, 0.3) is 0 Å². The van der Waals surface area contributed by atoms with Crippen molar-refractivity contribution >= 4 is 31.5 Å². The largest absolute Gasteiger partial charge is 0.493 e. The zero-order valence-electron chi connectivity index (χ0n) is 15.3. The van der Waals surface area contributed by atoms with Crippen LogP contribution in [0.15, 0.2) is 53.3 Å². The molecule has 0 radical (unpaired) electrons. The molecule has 0 unspecified atom stereocenters.